The minimum absolute atomic E-state index is 0.0199. The Bertz CT molecular complexity index is 736. The second-order valence-electron chi connectivity index (χ2n) is 5.96. The number of ether oxygens (including phenoxy) is 1. The Morgan fingerprint density at radius 1 is 1.15 bits per heavy atom. The number of carboxylic acids is 1. The van der Waals surface area contributed by atoms with Crippen LogP contribution in [0, 0.1) is 5.92 Å². The number of aliphatic carboxylic acids is 1. The number of hydrogen-bond donors (Lipinski definition) is 2. The van der Waals surface area contributed by atoms with Gasteiger partial charge in [-0.3, -0.25) is 4.79 Å². The fourth-order valence-electron chi connectivity index (χ4n) is 2.86. The van der Waals surface area contributed by atoms with Gasteiger partial charge in [-0.05, 0) is 35.6 Å². The van der Waals surface area contributed by atoms with E-state index in [9.17, 15) is 14.7 Å². The molecule has 0 aliphatic heterocycles. The number of nitrogens with one attached hydrogen (secondary N) is 1. The molecule has 2 aromatic rings. The average Bonchev–Trinajstić information content (AvgIpc) is 2.64. The van der Waals surface area contributed by atoms with Crippen LogP contribution in [0.25, 0.3) is 0 Å². The van der Waals surface area contributed by atoms with E-state index >= 15 is 0 Å². The number of halogens is 1. The highest BCUT2D eigenvalue weighted by Gasteiger charge is 2.29. The van der Waals surface area contributed by atoms with Crippen molar-refractivity contribution >= 4 is 23.7 Å². The van der Waals surface area contributed by atoms with Crippen LogP contribution in [0.4, 0.5) is 4.79 Å². The summed E-state index contributed by atoms with van der Waals surface area (Å²) < 4.78 is 5.13. The Labute approximate surface area is 157 Å². The molecule has 6 heteroatoms. The zero-order valence-corrected chi connectivity index (χ0v) is 15.3. The minimum atomic E-state index is -0.972. The lowest BCUT2D eigenvalue weighted by Crippen LogP contribution is -2.36. The Morgan fingerprint density at radius 2 is 1.88 bits per heavy atom. The van der Waals surface area contributed by atoms with E-state index in [1.54, 1.807) is 18.2 Å². The summed E-state index contributed by atoms with van der Waals surface area (Å²) in [5, 5.41) is 12.7. The van der Waals surface area contributed by atoms with Gasteiger partial charge in [0.25, 0.3) is 0 Å². The minimum Gasteiger partial charge on any atom is -0.481 e. The fraction of sp³-hybridized carbons (Fsp3) is 0.300. The highest BCUT2D eigenvalue weighted by atomic mass is 35.5. The second-order valence-corrected chi connectivity index (χ2v) is 6.39. The van der Waals surface area contributed by atoms with E-state index in [0.717, 1.165) is 11.1 Å². The molecule has 0 saturated heterocycles. The topological polar surface area (TPSA) is 75.6 Å². The van der Waals surface area contributed by atoms with Crippen LogP contribution in [-0.2, 0) is 16.1 Å². The first kappa shape index (κ1) is 19.8. The molecule has 2 N–H and O–H groups in total. The number of amides is 1. The van der Waals surface area contributed by atoms with Gasteiger partial charge in [0.05, 0.1) is 5.92 Å². The third-order valence-electron chi connectivity index (χ3n) is 4.20. The van der Waals surface area contributed by atoms with E-state index in [2.05, 4.69) is 5.32 Å². The van der Waals surface area contributed by atoms with Crippen molar-refractivity contribution in [3.05, 3.63) is 70.7 Å². The zero-order chi connectivity index (χ0) is 18.9. The first-order chi connectivity index (χ1) is 12.5. The van der Waals surface area contributed by atoms with Gasteiger partial charge in [-0.25, -0.2) is 4.79 Å². The summed E-state index contributed by atoms with van der Waals surface area (Å²) in [5.74, 6) is -2.01. The molecule has 0 heterocycles. The molecule has 0 radical (unpaired) electrons. The van der Waals surface area contributed by atoms with Gasteiger partial charge < -0.3 is 15.2 Å². The molecule has 1 amide bonds. The molecule has 0 aliphatic rings. The van der Waals surface area contributed by atoms with E-state index < -0.39 is 18.0 Å². The van der Waals surface area contributed by atoms with Crippen LogP contribution in [-0.4, -0.2) is 23.7 Å². The molecule has 2 atom stereocenters. The highest BCUT2D eigenvalue weighted by Crippen LogP contribution is 2.29. The number of hydrogen-bond acceptors (Lipinski definition) is 3. The molecule has 2 aromatic carbocycles. The monoisotopic (exact) mass is 375 g/mol. The van der Waals surface area contributed by atoms with E-state index in [0.29, 0.717) is 11.4 Å². The van der Waals surface area contributed by atoms with Crippen molar-refractivity contribution in [3.63, 3.8) is 0 Å². The summed E-state index contributed by atoms with van der Waals surface area (Å²) in [6.07, 6.45) is -0.0287. The standard InChI is InChI=1S/C20H22ClNO4/c1-2-17(15-9-6-10-16(21)11-15)18(19(23)24)12-22-20(25)26-13-14-7-4-3-5-8-14/h3-11,17-18H,2,12-13H2,1H3,(H,22,25)(H,23,24)/t17-,18+/m0/s1. The zero-order valence-electron chi connectivity index (χ0n) is 14.5. The van der Waals surface area contributed by atoms with Crippen LogP contribution >= 0.6 is 11.6 Å². The molecular formula is C20H22ClNO4. The molecule has 0 bridgehead atoms. The smallest absolute Gasteiger partial charge is 0.407 e. The molecule has 0 aliphatic carbocycles. The first-order valence-electron chi connectivity index (χ1n) is 8.44. The van der Waals surface area contributed by atoms with Crippen molar-refractivity contribution in [2.75, 3.05) is 6.54 Å². The van der Waals surface area contributed by atoms with Crippen molar-refractivity contribution < 1.29 is 19.4 Å². The number of carbonyl (C=O) groups excluding carboxylic acids is 1. The first-order valence-corrected chi connectivity index (χ1v) is 8.82. The molecule has 0 unspecified atom stereocenters. The Morgan fingerprint density at radius 3 is 2.50 bits per heavy atom. The molecule has 138 valence electrons. The molecule has 0 aromatic heterocycles. The lowest BCUT2D eigenvalue weighted by Gasteiger charge is -2.23. The predicted octanol–water partition coefficient (Wildman–Crippen LogP) is 4.46. The molecule has 0 fully saturated rings. The van der Waals surface area contributed by atoms with Crippen molar-refractivity contribution in [2.45, 2.75) is 25.9 Å². The average molecular weight is 376 g/mol. The number of carbonyl (C=O) groups is 2. The quantitative estimate of drug-likeness (QED) is 0.714. The molecule has 0 saturated carbocycles. The van der Waals surface area contributed by atoms with Gasteiger partial charge in [-0.2, -0.15) is 0 Å². The maximum Gasteiger partial charge on any atom is 0.407 e. The van der Waals surface area contributed by atoms with Crippen LogP contribution < -0.4 is 5.32 Å². The SMILES string of the molecule is CC[C@@H](c1cccc(Cl)c1)[C@@H](CNC(=O)OCc1ccccc1)C(=O)O. The van der Waals surface area contributed by atoms with E-state index in [1.807, 2.05) is 43.3 Å². The van der Waals surface area contributed by atoms with Gasteiger partial charge in [0.15, 0.2) is 0 Å². The van der Waals surface area contributed by atoms with Crippen LogP contribution in [0.1, 0.15) is 30.4 Å². The third-order valence-corrected chi connectivity index (χ3v) is 4.43. The fourth-order valence-corrected chi connectivity index (χ4v) is 3.06. The Kier molecular flexibility index (Phi) is 7.48. The van der Waals surface area contributed by atoms with Gasteiger partial charge in [0.2, 0.25) is 0 Å². The Balaban J connectivity index is 1.96. The number of rotatable bonds is 8. The lowest BCUT2D eigenvalue weighted by molar-refractivity contribution is -0.142. The lowest BCUT2D eigenvalue weighted by atomic mass is 9.84. The van der Waals surface area contributed by atoms with Crippen molar-refractivity contribution in [1.29, 1.82) is 0 Å². The van der Waals surface area contributed by atoms with E-state index in [1.165, 1.54) is 0 Å². The summed E-state index contributed by atoms with van der Waals surface area (Å²) in [4.78, 5) is 23.6. The highest BCUT2D eigenvalue weighted by molar-refractivity contribution is 6.30. The second kappa shape index (κ2) is 9.82. The van der Waals surface area contributed by atoms with Crippen LogP contribution in [0.5, 0.6) is 0 Å². The normalized spacial score (nSPS) is 12.8. The maximum atomic E-state index is 11.9. The maximum absolute atomic E-state index is 11.9. The molecule has 5 nitrogen and oxygen atoms in total. The summed E-state index contributed by atoms with van der Waals surface area (Å²) in [6, 6.07) is 16.4. The largest absolute Gasteiger partial charge is 0.481 e. The van der Waals surface area contributed by atoms with Gasteiger partial charge in [-0.15, -0.1) is 0 Å². The Hall–Kier alpha value is -2.53. The number of benzene rings is 2. The summed E-state index contributed by atoms with van der Waals surface area (Å²) >= 11 is 6.02. The summed E-state index contributed by atoms with van der Waals surface area (Å²) in [6.45, 7) is 2.03. The molecular weight excluding hydrogens is 354 g/mol. The van der Waals surface area contributed by atoms with E-state index in [-0.39, 0.29) is 19.1 Å². The van der Waals surface area contributed by atoms with Crippen molar-refractivity contribution in [2.24, 2.45) is 5.92 Å². The predicted molar refractivity (Wildman–Crippen MR) is 100 cm³/mol. The van der Waals surface area contributed by atoms with Crippen LogP contribution in [0.15, 0.2) is 54.6 Å². The molecule has 26 heavy (non-hydrogen) atoms. The van der Waals surface area contributed by atoms with E-state index in [4.69, 9.17) is 16.3 Å². The van der Waals surface area contributed by atoms with Crippen molar-refractivity contribution in [3.8, 4) is 0 Å². The van der Waals surface area contributed by atoms with Crippen LogP contribution in [0.3, 0.4) is 0 Å². The van der Waals surface area contributed by atoms with Gasteiger partial charge in [0.1, 0.15) is 6.61 Å². The third kappa shape index (κ3) is 5.77. The number of alkyl carbamates (subject to hydrolysis) is 1. The van der Waals surface area contributed by atoms with Crippen LogP contribution in [0.2, 0.25) is 5.02 Å². The van der Waals surface area contributed by atoms with Gasteiger partial charge >= 0.3 is 12.1 Å². The summed E-state index contributed by atoms with van der Waals surface area (Å²) in [7, 11) is 0. The summed E-state index contributed by atoms with van der Waals surface area (Å²) in [5.41, 5.74) is 1.70. The van der Waals surface area contributed by atoms with Crippen molar-refractivity contribution in [1.82, 2.24) is 5.32 Å². The molecule has 2 rings (SSSR count). The molecule has 0 spiro atoms. The van der Waals surface area contributed by atoms with Gasteiger partial charge in [-0.1, -0.05) is 61.0 Å². The number of carboxylic acid groups (broad SMARTS) is 1. The van der Waals surface area contributed by atoms with Gasteiger partial charge in [0, 0.05) is 11.6 Å².